The molecule has 0 amide bonds. The third kappa shape index (κ3) is 2.39. The zero-order valence-corrected chi connectivity index (χ0v) is 12.9. The number of thioether (sulfide) groups is 1. The molecular weight excluding hydrogens is 315 g/mol. The molecule has 3 heterocycles. The third-order valence-corrected chi connectivity index (χ3v) is 4.00. The van der Waals surface area contributed by atoms with Crippen LogP contribution in [0.4, 0.5) is 4.39 Å². The highest BCUT2D eigenvalue weighted by Gasteiger charge is 2.19. The van der Waals surface area contributed by atoms with Crippen LogP contribution in [0.5, 0.6) is 0 Å². The van der Waals surface area contributed by atoms with Crippen LogP contribution in [-0.4, -0.2) is 25.6 Å². The Morgan fingerprint density at radius 1 is 1.13 bits per heavy atom. The molecule has 0 saturated carbocycles. The fourth-order valence-electron chi connectivity index (χ4n) is 2.41. The molecule has 3 aromatic heterocycles. The first-order chi connectivity index (χ1) is 11.3. The van der Waals surface area contributed by atoms with Crippen molar-refractivity contribution >= 4 is 17.6 Å². The predicted octanol–water partition coefficient (Wildman–Crippen LogP) is 3.91. The lowest BCUT2D eigenvalue weighted by atomic mass is 10.1. The normalized spacial score (nSPS) is 11.2. The lowest BCUT2D eigenvalue weighted by Gasteiger charge is -2.05. The van der Waals surface area contributed by atoms with Crippen LogP contribution in [0.15, 0.2) is 58.6 Å². The summed E-state index contributed by atoms with van der Waals surface area (Å²) in [6, 6.07) is 8.03. The highest BCUT2D eigenvalue weighted by molar-refractivity contribution is 7.98. The number of hydrogen-bond donors (Lipinski definition) is 0. The van der Waals surface area contributed by atoms with E-state index in [1.807, 2.05) is 16.7 Å². The van der Waals surface area contributed by atoms with Gasteiger partial charge < -0.3 is 4.42 Å². The van der Waals surface area contributed by atoms with E-state index in [9.17, 15) is 4.39 Å². The minimum Gasteiger partial charge on any atom is -0.432 e. The molecular formula is C16H11FN4OS. The molecule has 0 aliphatic rings. The molecule has 0 aliphatic carbocycles. The number of imidazole rings is 1. The van der Waals surface area contributed by atoms with Gasteiger partial charge in [0.2, 0.25) is 0 Å². The summed E-state index contributed by atoms with van der Waals surface area (Å²) in [6.45, 7) is 0. The lowest BCUT2D eigenvalue weighted by molar-refractivity contribution is 0.596. The maximum atomic E-state index is 13.2. The largest absolute Gasteiger partial charge is 0.432 e. The molecule has 0 fully saturated rings. The smallest absolute Gasteiger partial charge is 0.306 e. The summed E-state index contributed by atoms with van der Waals surface area (Å²) >= 11 is 1.47. The van der Waals surface area contributed by atoms with E-state index in [4.69, 9.17) is 4.42 Å². The summed E-state index contributed by atoms with van der Waals surface area (Å²) in [5.41, 5.74) is 3.01. The van der Waals surface area contributed by atoms with Gasteiger partial charge in [0.1, 0.15) is 23.5 Å². The van der Waals surface area contributed by atoms with Crippen molar-refractivity contribution in [3.63, 3.8) is 0 Å². The van der Waals surface area contributed by atoms with Crippen molar-refractivity contribution in [2.45, 2.75) is 5.16 Å². The van der Waals surface area contributed by atoms with Gasteiger partial charge in [-0.25, -0.2) is 14.4 Å². The second-order valence-electron chi connectivity index (χ2n) is 4.80. The van der Waals surface area contributed by atoms with Gasteiger partial charge >= 0.3 is 5.84 Å². The van der Waals surface area contributed by atoms with Gasteiger partial charge in [-0.15, -0.1) is 0 Å². The molecule has 7 heteroatoms. The highest BCUT2D eigenvalue weighted by atomic mass is 32.2. The lowest BCUT2D eigenvalue weighted by Crippen LogP contribution is -1.93. The molecule has 0 aliphatic heterocycles. The Labute approximate surface area is 135 Å². The molecule has 0 saturated heterocycles. The summed E-state index contributed by atoms with van der Waals surface area (Å²) in [5.74, 6) is 0.175. The van der Waals surface area contributed by atoms with Crippen LogP contribution >= 0.6 is 11.8 Å². The first-order valence-electron chi connectivity index (χ1n) is 6.85. The Bertz CT molecular complexity index is 977. The number of nitrogens with zero attached hydrogens (tertiary/aromatic N) is 4. The van der Waals surface area contributed by atoms with Gasteiger partial charge in [-0.1, -0.05) is 11.8 Å². The van der Waals surface area contributed by atoms with E-state index in [-0.39, 0.29) is 5.82 Å². The van der Waals surface area contributed by atoms with E-state index in [0.717, 1.165) is 17.0 Å². The average Bonchev–Trinajstić information content (AvgIpc) is 3.16. The van der Waals surface area contributed by atoms with Crippen molar-refractivity contribution in [1.82, 2.24) is 19.4 Å². The minimum atomic E-state index is -0.287. The molecule has 1 aromatic carbocycles. The van der Waals surface area contributed by atoms with E-state index in [2.05, 4.69) is 15.0 Å². The van der Waals surface area contributed by atoms with Crippen molar-refractivity contribution in [1.29, 1.82) is 0 Å². The van der Waals surface area contributed by atoms with Crippen LogP contribution in [0.2, 0.25) is 0 Å². The second-order valence-corrected chi connectivity index (χ2v) is 5.57. The molecule has 0 spiro atoms. The van der Waals surface area contributed by atoms with Crippen molar-refractivity contribution in [2.75, 3.05) is 6.26 Å². The summed E-state index contributed by atoms with van der Waals surface area (Å²) in [6.07, 6.45) is 6.98. The molecule has 0 atom stereocenters. The number of hydrogen-bond acceptors (Lipinski definition) is 5. The molecule has 0 bridgehead atoms. The number of halogens is 1. The summed E-state index contributed by atoms with van der Waals surface area (Å²) in [7, 11) is 0. The Balaban J connectivity index is 1.98. The Morgan fingerprint density at radius 2 is 1.96 bits per heavy atom. The van der Waals surface area contributed by atoms with E-state index < -0.39 is 0 Å². The predicted molar refractivity (Wildman–Crippen MR) is 85.7 cm³/mol. The molecule has 4 aromatic rings. The van der Waals surface area contributed by atoms with Crippen LogP contribution in [-0.2, 0) is 0 Å². The van der Waals surface area contributed by atoms with Gasteiger partial charge in [0.25, 0.3) is 0 Å². The zero-order chi connectivity index (χ0) is 15.8. The molecule has 4 rings (SSSR count). The zero-order valence-electron chi connectivity index (χ0n) is 12.1. The Hall–Kier alpha value is -2.67. The molecule has 0 unspecified atom stereocenters. The Morgan fingerprint density at radius 3 is 2.74 bits per heavy atom. The van der Waals surface area contributed by atoms with Gasteiger partial charge in [-0.3, -0.25) is 4.40 Å². The van der Waals surface area contributed by atoms with Gasteiger partial charge in [-0.2, -0.15) is 4.98 Å². The van der Waals surface area contributed by atoms with Crippen LogP contribution < -0.4 is 0 Å². The molecule has 0 N–H and O–H groups in total. The molecule has 23 heavy (non-hydrogen) atoms. The SMILES string of the molecule is CSc1nccc(-c2c(-c3ccc(F)cc3)nc3occn23)n1. The van der Waals surface area contributed by atoms with Crippen LogP contribution in [0.3, 0.4) is 0 Å². The van der Waals surface area contributed by atoms with E-state index in [1.54, 1.807) is 30.8 Å². The van der Waals surface area contributed by atoms with Crippen LogP contribution in [0, 0.1) is 5.82 Å². The Kier molecular flexibility index (Phi) is 3.34. The topological polar surface area (TPSA) is 56.2 Å². The van der Waals surface area contributed by atoms with Crippen molar-refractivity contribution in [2.24, 2.45) is 0 Å². The van der Waals surface area contributed by atoms with Crippen molar-refractivity contribution in [3.05, 3.63) is 54.8 Å². The number of aromatic nitrogens is 4. The summed E-state index contributed by atoms with van der Waals surface area (Å²) < 4.78 is 20.4. The quantitative estimate of drug-likeness (QED) is 0.422. The standard InChI is InChI=1S/C16H11FN4OS/c1-23-15-18-7-6-12(19-15)14-13(10-2-4-11(17)5-3-10)20-16-21(14)8-9-22-16/h2-9H,1H3. The van der Waals surface area contributed by atoms with Crippen LogP contribution in [0.25, 0.3) is 28.5 Å². The third-order valence-electron chi connectivity index (χ3n) is 3.44. The van der Waals surface area contributed by atoms with Gasteiger partial charge in [0.15, 0.2) is 5.16 Å². The summed E-state index contributed by atoms with van der Waals surface area (Å²) in [4.78, 5) is 13.3. The monoisotopic (exact) mass is 326 g/mol. The maximum Gasteiger partial charge on any atom is 0.306 e. The average molecular weight is 326 g/mol. The number of benzene rings is 1. The first kappa shape index (κ1) is 14.0. The van der Waals surface area contributed by atoms with Gasteiger partial charge in [-0.05, 0) is 36.6 Å². The van der Waals surface area contributed by atoms with E-state index >= 15 is 0 Å². The minimum absolute atomic E-state index is 0.287. The van der Waals surface area contributed by atoms with Crippen LogP contribution in [0.1, 0.15) is 0 Å². The van der Waals surface area contributed by atoms with Gasteiger partial charge in [0, 0.05) is 18.0 Å². The summed E-state index contributed by atoms with van der Waals surface area (Å²) in [5, 5.41) is 0.672. The maximum absolute atomic E-state index is 13.2. The van der Waals surface area contributed by atoms with Crippen molar-refractivity contribution < 1.29 is 8.81 Å². The first-order valence-corrected chi connectivity index (χ1v) is 8.07. The van der Waals surface area contributed by atoms with E-state index in [0.29, 0.717) is 16.7 Å². The van der Waals surface area contributed by atoms with E-state index in [1.165, 1.54) is 23.9 Å². The van der Waals surface area contributed by atoms with Gasteiger partial charge in [0.05, 0.1) is 5.69 Å². The fourth-order valence-corrected chi connectivity index (χ4v) is 2.77. The molecule has 5 nitrogen and oxygen atoms in total. The number of rotatable bonds is 3. The highest BCUT2D eigenvalue weighted by Crippen LogP contribution is 2.32. The van der Waals surface area contributed by atoms with Crippen molar-refractivity contribution in [3.8, 4) is 22.6 Å². The number of fused-ring (bicyclic) bond motifs is 1. The second kappa shape index (κ2) is 5.51. The molecule has 114 valence electrons. The molecule has 0 radical (unpaired) electrons. The fraction of sp³-hybridized carbons (Fsp3) is 0.0625. The number of oxazole rings is 1.